The van der Waals surface area contributed by atoms with Gasteiger partial charge < -0.3 is 26.4 Å². The van der Waals surface area contributed by atoms with E-state index in [4.69, 9.17) is 5.73 Å². The first-order valence-electron chi connectivity index (χ1n) is 14.9. The van der Waals surface area contributed by atoms with Crippen molar-refractivity contribution in [2.24, 2.45) is 11.7 Å². The summed E-state index contributed by atoms with van der Waals surface area (Å²) in [6, 6.07) is 10.5. The maximum Gasteiger partial charge on any atom is 0.323 e. The Balaban J connectivity index is 1.24. The van der Waals surface area contributed by atoms with Crippen LogP contribution in [0.2, 0.25) is 0 Å². The molecule has 0 spiro atoms. The van der Waals surface area contributed by atoms with Crippen LogP contribution in [0.5, 0.6) is 0 Å². The quantitative estimate of drug-likeness (QED) is 0.198. The molecule has 0 bridgehead atoms. The summed E-state index contributed by atoms with van der Waals surface area (Å²) in [6.07, 6.45) is 8.28. The second kappa shape index (κ2) is 11.9. The zero-order valence-electron chi connectivity index (χ0n) is 24.1. The standard InChI is InChI=1S/C32H38FIN6O3/c1-31(39-29(42)26-14-24(41)18-40(26)30(43)38-28-10-8-23(34)16-37-28)15-22(7-9-27(31)33)32(35,12-11-19-5-6-19)21-4-2-3-20(13-21)25-17-36-25/h2-4,7-10,13,15-16,19,24-27,36,41H,5-6,11-12,14,17-18,35H2,1H3,(H,39,42)(H,37,38,43)/t24-,25?,26-,27?,31?,32?/m1/s1. The number of nitrogens with one attached hydrogen (secondary N) is 3. The van der Waals surface area contributed by atoms with Crippen molar-refractivity contribution in [1.82, 2.24) is 20.5 Å². The number of anilines is 1. The van der Waals surface area contributed by atoms with Crippen LogP contribution in [0.25, 0.3) is 0 Å². The van der Waals surface area contributed by atoms with Gasteiger partial charge in [0.15, 0.2) is 0 Å². The molecule has 4 aliphatic rings. The zero-order valence-corrected chi connectivity index (χ0v) is 26.3. The Morgan fingerprint density at radius 2 is 2.09 bits per heavy atom. The molecule has 228 valence electrons. The van der Waals surface area contributed by atoms with Gasteiger partial charge in [0.25, 0.3) is 0 Å². The number of alkyl halides is 1. The first-order chi connectivity index (χ1) is 20.5. The third kappa shape index (κ3) is 6.64. The molecule has 3 heterocycles. The molecule has 43 heavy (non-hydrogen) atoms. The average Bonchev–Trinajstić information content (AvgIpc) is 3.92. The number of β-amino-alcohol motifs (C(OH)–C–C–N with tert-alkyl or cyclic N) is 1. The second-order valence-electron chi connectivity index (χ2n) is 12.5. The van der Waals surface area contributed by atoms with E-state index in [2.05, 4.69) is 55.7 Å². The van der Waals surface area contributed by atoms with E-state index in [1.54, 1.807) is 37.4 Å². The number of nitrogens with zero attached hydrogens (tertiary/aromatic N) is 2. The minimum absolute atomic E-state index is 0.0235. The van der Waals surface area contributed by atoms with E-state index < -0.39 is 41.3 Å². The van der Waals surface area contributed by atoms with E-state index in [0.717, 1.165) is 27.7 Å². The molecule has 0 radical (unpaired) electrons. The maximum absolute atomic E-state index is 15.7. The van der Waals surface area contributed by atoms with E-state index in [0.29, 0.717) is 24.2 Å². The van der Waals surface area contributed by atoms with Gasteiger partial charge >= 0.3 is 6.03 Å². The van der Waals surface area contributed by atoms with Crippen LogP contribution in [0.3, 0.4) is 0 Å². The minimum atomic E-state index is -1.51. The van der Waals surface area contributed by atoms with Crippen LogP contribution in [-0.4, -0.2) is 63.9 Å². The highest BCUT2D eigenvalue weighted by Crippen LogP contribution is 2.43. The molecule has 1 aromatic carbocycles. The van der Waals surface area contributed by atoms with Crippen LogP contribution in [0.1, 0.15) is 56.2 Å². The van der Waals surface area contributed by atoms with Crippen molar-refractivity contribution >= 4 is 40.3 Å². The molecule has 6 atom stereocenters. The lowest BCUT2D eigenvalue weighted by Crippen LogP contribution is -2.58. The molecule has 11 heteroatoms. The number of aliphatic hydroxyl groups excluding tert-OH is 1. The molecule has 3 fully saturated rings. The van der Waals surface area contributed by atoms with Gasteiger partial charge in [-0.25, -0.2) is 14.2 Å². The highest BCUT2D eigenvalue weighted by molar-refractivity contribution is 14.1. The number of benzene rings is 1. The summed E-state index contributed by atoms with van der Waals surface area (Å²) in [6.45, 7) is 2.55. The predicted molar refractivity (Wildman–Crippen MR) is 171 cm³/mol. The molecule has 2 aromatic rings. The fraction of sp³-hybridized carbons (Fsp3) is 0.469. The summed E-state index contributed by atoms with van der Waals surface area (Å²) >= 11 is 2.12. The van der Waals surface area contributed by atoms with Gasteiger partial charge in [-0.2, -0.15) is 0 Å². The van der Waals surface area contributed by atoms with Crippen molar-refractivity contribution in [2.45, 2.75) is 74.5 Å². The summed E-state index contributed by atoms with van der Waals surface area (Å²) < 4.78 is 16.6. The molecule has 1 aromatic heterocycles. The summed E-state index contributed by atoms with van der Waals surface area (Å²) in [5, 5.41) is 19.3. The number of carbonyl (C=O) groups excluding carboxylic acids is 2. The Kier molecular flexibility index (Phi) is 8.35. The fourth-order valence-electron chi connectivity index (χ4n) is 6.11. The van der Waals surface area contributed by atoms with Crippen LogP contribution >= 0.6 is 22.6 Å². The second-order valence-corrected chi connectivity index (χ2v) is 13.8. The molecular weight excluding hydrogens is 662 g/mol. The number of aromatic nitrogens is 1. The third-order valence-electron chi connectivity index (χ3n) is 9.04. The number of aliphatic hydroxyl groups is 1. The van der Waals surface area contributed by atoms with Gasteiger partial charge in [-0.3, -0.25) is 10.1 Å². The van der Waals surface area contributed by atoms with Crippen molar-refractivity contribution in [3.05, 3.63) is 81.1 Å². The molecular formula is C32H38FIN6O3. The third-order valence-corrected chi connectivity index (χ3v) is 9.68. The van der Waals surface area contributed by atoms with Crippen molar-refractivity contribution in [3.63, 3.8) is 0 Å². The number of likely N-dealkylation sites (tertiary alicyclic amines) is 1. The number of carbonyl (C=O) groups is 2. The number of pyridine rings is 1. The van der Waals surface area contributed by atoms with Gasteiger partial charge in [0.1, 0.15) is 18.0 Å². The predicted octanol–water partition coefficient (Wildman–Crippen LogP) is 4.05. The number of halogens is 2. The summed E-state index contributed by atoms with van der Waals surface area (Å²) in [5.74, 6) is 0.449. The number of hydrogen-bond donors (Lipinski definition) is 5. The molecule has 9 nitrogen and oxygen atoms in total. The molecule has 1 saturated carbocycles. The first kappa shape index (κ1) is 30.2. The van der Waals surface area contributed by atoms with Crippen molar-refractivity contribution < 1.29 is 19.1 Å². The smallest absolute Gasteiger partial charge is 0.323 e. The van der Waals surface area contributed by atoms with E-state index in [1.807, 2.05) is 12.1 Å². The average molecular weight is 701 g/mol. The molecule has 2 aliphatic heterocycles. The largest absolute Gasteiger partial charge is 0.391 e. The number of urea groups is 1. The SMILES string of the molecule is CC1(NC(=O)[C@H]2C[C@@H](O)CN2C(=O)Nc2ccc(I)cn2)C=C(C(N)(CCC2CC2)c2cccc(C3CN3)c2)C=CC1F. The van der Waals surface area contributed by atoms with Gasteiger partial charge in [0.05, 0.1) is 17.2 Å². The van der Waals surface area contributed by atoms with Crippen LogP contribution in [0, 0.1) is 9.49 Å². The lowest BCUT2D eigenvalue weighted by molar-refractivity contribution is -0.126. The Labute approximate surface area is 264 Å². The lowest BCUT2D eigenvalue weighted by atomic mass is 9.73. The molecule has 2 aliphatic carbocycles. The topological polar surface area (TPSA) is 143 Å². The van der Waals surface area contributed by atoms with Gasteiger partial charge in [-0.15, -0.1) is 0 Å². The summed E-state index contributed by atoms with van der Waals surface area (Å²) in [7, 11) is 0. The Bertz CT molecular complexity index is 1440. The molecule has 6 rings (SSSR count). The Morgan fingerprint density at radius 1 is 1.30 bits per heavy atom. The number of hydrogen-bond acceptors (Lipinski definition) is 6. The number of nitrogens with two attached hydrogens (primary N) is 1. The number of amides is 3. The Hall–Kier alpha value is -2.87. The highest BCUT2D eigenvalue weighted by atomic mass is 127. The maximum atomic E-state index is 15.7. The molecule has 2 saturated heterocycles. The van der Waals surface area contributed by atoms with E-state index in [1.165, 1.54) is 29.4 Å². The van der Waals surface area contributed by atoms with Crippen molar-refractivity contribution in [1.29, 1.82) is 0 Å². The van der Waals surface area contributed by atoms with E-state index in [9.17, 15) is 14.7 Å². The van der Waals surface area contributed by atoms with Crippen LogP contribution in [-0.2, 0) is 10.3 Å². The van der Waals surface area contributed by atoms with Gasteiger partial charge in [-0.1, -0.05) is 49.3 Å². The van der Waals surface area contributed by atoms with Crippen LogP contribution < -0.4 is 21.7 Å². The highest BCUT2D eigenvalue weighted by Gasteiger charge is 2.45. The minimum Gasteiger partial charge on any atom is -0.391 e. The number of rotatable bonds is 9. The lowest BCUT2D eigenvalue weighted by Gasteiger charge is -2.40. The van der Waals surface area contributed by atoms with Gasteiger partial charge in [-0.05, 0) is 83.2 Å². The first-order valence-corrected chi connectivity index (χ1v) is 16.0. The normalized spacial score (nSPS) is 29.5. The van der Waals surface area contributed by atoms with E-state index >= 15 is 4.39 Å². The van der Waals surface area contributed by atoms with E-state index in [-0.39, 0.29) is 13.0 Å². The molecule has 4 unspecified atom stereocenters. The molecule has 6 N–H and O–H groups in total. The van der Waals surface area contributed by atoms with Gasteiger partial charge in [0, 0.05) is 35.3 Å². The van der Waals surface area contributed by atoms with Crippen LogP contribution in [0.15, 0.2) is 66.4 Å². The summed E-state index contributed by atoms with van der Waals surface area (Å²) in [5.41, 5.74) is 7.88. The van der Waals surface area contributed by atoms with Gasteiger partial charge in [0.2, 0.25) is 5.91 Å². The van der Waals surface area contributed by atoms with Crippen molar-refractivity contribution in [2.75, 3.05) is 18.4 Å². The fourth-order valence-corrected chi connectivity index (χ4v) is 6.43. The van der Waals surface area contributed by atoms with Crippen LogP contribution in [0.4, 0.5) is 15.0 Å². The monoisotopic (exact) mass is 700 g/mol. The zero-order chi connectivity index (χ0) is 30.4. The summed E-state index contributed by atoms with van der Waals surface area (Å²) in [4.78, 5) is 32.3. The Morgan fingerprint density at radius 3 is 2.79 bits per heavy atom. The molecule has 3 amide bonds. The van der Waals surface area contributed by atoms with Crippen molar-refractivity contribution in [3.8, 4) is 0 Å².